The molecule has 0 aliphatic heterocycles. The number of hydrogen-bond donors (Lipinski definition) is 1. The van der Waals surface area contributed by atoms with Gasteiger partial charge in [0.15, 0.2) is 0 Å². The third-order valence-corrected chi connectivity index (χ3v) is 2.71. The van der Waals surface area contributed by atoms with Crippen molar-refractivity contribution in [3.8, 4) is 17.0 Å². The standard InChI is InChI=1S/C14H13NO3/c1-9-7-8-15-12(13(9)18-2)10-3-5-11(6-4-10)14(16)17/h3-8H,1-2H3,(H,16,17). The zero-order chi connectivity index (χ0) is 13.1. The second-order valence-electron chi connectivity index (χ2n) is 3.89. The van der Waals surface area contributed by atoms with Gasteiger partial charge in [0.1, 0.15) is 11.4 Å². The van der Waals surface area contributed by atoms with Crippen molar-refractivity contribution in [3.05, 3.63) is 47.7 Å². The second kappa shape index (κ2) is 4.87. The van der Waals surface area contributed by atoms with Crippen LogP contribution in [0, 0.1) is 6.92 Å². The Morgan fingerprint density at radius 1 is 1.22 bits per heavy atom. The van der Waals surface area contributed by atoms with Gasteiger partial charge in [0.25, 0.3) is 0 Å². The van der Waals surface area contributed by atoms with E-state index < -0.39 is 5.97 Å². The summed E-state index contributed by atoms with van der Waals surface area (Å²) in [6.07, 6.45) is 1.71. The average Bonchev–Trinajstić information content (AvgIpc) is 2.38. The minimum Gasteiger partial charge on any atom is -0.494 e. The highest BCUT2D eigenvalue weighted by Gasteiger charge is 2.10. The minimum atomic E-state index is -0.939. The lowest BCUT2D eigenvalue weighted by Gasteiger charge is -2.10. The quantitative estimate of drug-likeness (QED) is 0.900. The third-order valence-electron chi connectivity index (χ3n) is 2.71. The Balaban J connectivity index is 2.49. The van der Waals surface area contributed by atoms with Crippen LogP contribution in [-0.4, -0.2) is 23.2 Å². The Hall–Kier alpha value is -2.36. The molecular formula is C14H13NO3. The highest BCUT2D eigenvalue weighted by atomic mass is 16.5. The molecule has 0 saturated heterocycles. The Morgan fingerprint density at radius 3 is 2.44 bits per heavy atom. The van der Waals surface area contributed by atoms with Crippen molar-refractivity contribution in [1.29, 1.82) is 0 Å². The molecule has 0 radical (unpaired) electrons. The van der Waals surface area contributed by atoms with E-state index in [0.717, 1.165) is 16.8 Å². The molecule has 4 nitrogen and oxygen atoms in total. The van der Waals surface area contributed by atoms with E-state index in [0.29, 0.717) is 5.75 Å². The first-order valence-corrected chi connectivity index (χ1v) is 5.47. The van der Waals surface area contributed by atoms with Crippen molar-refractivity contribution in [1.82, 2.24) is 4.98 Å². The first-order chi connectivity index (χ1) is 8.63. The van der Waals surface area contributed by atoms with Gasteiger partial charge >= 0.3 is 5.97 Å². The van der Waals surface area contributed by atoms with E-state index in [-0.39, 0.29) is 5.56 Å². The van der Waals surface area contributed by atoms with Crippen LogP contribution in [-0.2, 0) is 0 Å². The van der Waals surface area contributed by atoms with Gasteiger partial charge in [-0.1, -0.05) is 12.1 Å². The van der Waals surface area contributed by atoms with Gasteiger partial charge in [0.05, 0.1) is 12.7 Å². The fourth-order valence-corrected chi connectivity index (χ4v) is 1.78. The lowest BCUT2D eigenvalue weighted by atomic mass is 10.1. The summed E-state index contributed by atoms with van der Waals surface area (Å²) in [5, 5.41) is 8.85. The number of aryl methyl sites for hydroxylation is 1. The largest absolute Gasteiger partial charge is 0.494 e. The number of pyridine rings is 1. The number of carbonyl (C=O) groups is 1. The number of rotatable bonds is 3. The molecule has 0 saturated carbocycles. The van der Waals surface area contributed by atoms with E-state index in [4.69, 9.17) is 9.84 Å². The van der Waals surface area contributed by atoms with Crippen LogP contribution in [0.2, 0.25) is 0 Å². The number of aromatic nitrogens is 1. The number of ether oxygens (including phenoxy) is 1. The van der Waals surface area contributed by atoms with Crippen LogP contribution in [0.4, 0.5) is 0 Å². The summed E-state index contributed by atoms with van der Waals surface area (Å²) < 4.78 is 5.33. The molecule has 4 heteroatoms. The van der Waals surface area contributed by atoms with Crippen LogP contribution in [0.15, 0.2) is 36.5 Å². The molecule has 1 aromatic heterocycles. The van der Waals surface area contributed by atoms with E-state index in [1.807, 2.05) is 13.0 Å². The maximum Gasteiger partial charge on any atom is 0.335 e. The summed E-state index contributed by atoms with van der Waals surface area (Å²) in [4.78, 5) is 15.1. The van der Waals surface area contributed by atoms with Crippen molar-refractivity contribution in [2.75, 3.05) is 7.11 Å². The molecule has 2 rings (SSSR count). The number of nitrogens with zero attached hydrogens (tertiary/aromatic N) is 1. The third kappa shape index (κ3) is 2.18. The van der Waals surface area contributed by atoms with E-state index in [9.17, 15) is 4.79 Å². The van der Waals surface area contributed by atoms with Crippen LogP contribution in [0.25, 0.3) is 11.3 Å². The van der Waals surface area contributed by atoms with Gasteiger partial charge in [-0.25, -0.2) is 4.79 Å². The number of carboxylic acid groups (broad SMARTS) is 1. The molecule has 0 amide bonds. The number of aromatic carboxylic acids is 1. The lowest BCUT2D eigenvalue weighted by Crippen LogP contribution is -1.97. The topological polar surface area (TPSA) is 59.4 Å². The number of hydrogen-bond acceptors (Lipinski definition) is 3. The highest BCUT2D eigenvalue weighted by Crippen LogP contribution is 2.30. The second-order valence-corrected chi connectivity index (χ2v) is 3.89. The van der Waals surface area contributed by atoms with Gasteiger partial charge < -0.3 is 9.84 Å². The first kappa shape index (κ1) is 12.1. The first-order valence-electron chi connectivity index (χ1n) is 5.47. The Morgan fingerprint density at radius 2 is 1.89 bits per heavy atom. The van der Waals surface area contributed by atoms with Crippen LogP contribution >= 0.6 is 0 Å². The minimum absolute atomic E-state index is 0.255. The van der Waals surface area contributed by atoms with Gasteiger partial charge in [-0.15, -0.1) is 0 Å². The predicted octanol–water partition coefficient (Wildman–Crippen LogP) is 2.76. The molecule has 1 aromatic carbocycles. The van der Waals surface area contributed by atoms with Gasteiger partial charge in [0.2, 0.25) is 0 Å². The summed E-state index contributed by atoms with van der Waals surface area (Å²) in [6, 6.07) is 8.44. The molecule has 0 fully saturated rings. The molecule has 92 valence electrons. The summed E-state index contributed by atoms with van der Waals surface area (Å²) in [5.74, 6) is -0.230. The Labute approximate surface area is 105 Å². The van der Waals surface area contributed by atoms with E-state index in [2.05, 4.69) is 4.98 Å². The molecule has 1 heterocycles. The van der Waals surface area contributed by atoms with E-state index in [1.165, 1.54) is 0 Å². The fourth-order valence-electron chi connectivity index (χ4n) is 1.78. The molecule has 2 aromatic rings. The summed E-state index contributed by atoms with van der Waals surface area (Å²) >= 11 is 0. The van der Waals surface area contributed by atoms with Crippen LogP contribution in [0.1, 0.15) is 15.9 Å². The zero-order valence-corrected chi connectivity index (χ0v) is 10.2. The number of carboxylic acids is 1. The van der Waals surface area contributed by atoms with Crippen LogP contribution in [0.3, 0.4) is 0 Å². The SMILES string of the molecule is COc1c(C)ccnc1-c1ccc(C(=O)O)cc1. The van der Waals surface area contributed by atoms with E-state index >= 15 is 0 Å². The van der Waals surface area contributed by atoms with Crippen molar-refractivity contribution in [3.63, 3.8) is 0 Å². The van der Waals surface area contributed by atoms with Crippen molar-refractivity contribution >= 4 is 5.97 Å². The molecule has 0 spiro atoms. The maximum atomic E-state index is 10.8. The molecular weight excluding hydrogens is 230 g/mol. The number of methoxy groups -OCH3 is 1. The van der Waals surface area contributed by atoms with Crippen molar-refractivity contribution in [2.24, 2.45) is 0 Å². The van der Waals surface area contributed by atoms with Gasteiger partial charge in [-0.05, 0) is 30.7 Å². The molecule has 0 unspecified atom stereocenters. The molecule has 0 aliphatic rings. The van der Waals surface area contributed by atoms with Crippen LogP contribution in [0.5, 0.6) is 5.75 Å². The smallest absolute Gasteiger partial charge is 0.335 e. The molecule has 1 N–H and O–H groups in total. The normalized spacial score (nSPS) is 10.1. The van der Waals surface area contributed by atoms with Gasteiger partial charge in [0, 0.05) is 11.8 Å². The lowest BCUT2D eigenvalue weighted by molar-refractivity contribution is 0.0697. The van der Waals surface area contributed by atoms with Crippen molar-refractivity contribution in [2.45, 2.75) is 6.92 Å². The fraction of sp³-hybridized carbons (Fsp3) is 0.143. The molecule has 0 bridgehead atoms. The van der Waals surface area contributed by atoms with Gasteiger partial charge in [-0.3, -0.25) is 4.98 Å². The maximum absolute atomic E-state index is 10.8. The van der Waals surface area contributed by atoms with Gasteiger partial charge in [-0.2, -0.15) is 0 Å². The van der Waals surface area contributed by atoms with E-state index in [1.54, 1.807) is 37.6 Å². The number of benzene rings is 1. The molecule has 0 aliphatic carbocycles. The highest BCUT2D eigenvalue weighted by molar-refractivity contribution is 5.88. The summed E-state index contributed by atoms with van der Waals surface area (Å²) in [7, 11) is 1.60. The predicted molar refractivity (Wildman–Crippen MR) is 67.9 cm³/mol. The molecule has 0 atom stereocenters. The molecule has 18 heavy (non-hydrogen) atoms. The average molecular weight is 243 g/mol. The van der Waals surface area contributed by atoms with Crippen molar-refractivity contribution < 1.29 is 14.6 Å². The monoisotopic (exact) mass is 243 g/mol. The zero-order valence-electron chi connectivity index (χ0n) is 10.2. The van der Waals surface area contributed by atoms with Crippen LogP contribution < -0.4 is 4.74 Å². The Kier molecular flexibility index (Phi) is 3.28. The summed E-state index contributed by atoms with van der Waals surface area (Å²) in [5.41, 5.74) is 2.80. The Bertz CT molecular complexity index is 576. The summed E-state index contributed by atoms with van der Waals surface area (Å²) in [6.45, 7) is 1.94.